The molecular formula is C19H24FN3O2. The Morgan fingerprint density at radius 2 is 2.16 bits per heavy atom. The molecule has 3 heterocycles. The van der Waals surface area contributed by atoms with Gasteiger partial charge in [0.1, 0.15) is 17.2 Å². The quantitative estimate of drug-likeness (QED) is 0.908. The summed E-state index contributed by atoms with van der Waals surface area (Å²) in [5.74, 6) is 1.04. The summed E-state index contributed by atoms with van der Waals surface area (Å²) in [6.45, 7) is 4.03. The van der Waals surface area contributed by atoms with Gasteiger partial charge in [0.25, 0.3) is 5.91 Å². The van der Waals surface area contributed by atoms with Gasteiger partial charge in [0.05, 0.1) is 11.0 Å². The molecule has 25 heavy (non-hydrogen) atoms. The summed E-state index contributed by atoms with van der Waals surface area (Å²) >= 11 is 0. The molecule has 1 atom stereocenters. The number of halogens is 1. The highest BCUT2D eigenvalue weighted by atomic mass is 19.1. The third-order valence-electron chi connectivity index (χ3n) is 5.55. The summed E-state index contributed by atoms with van der Waals surface area (Å²) in [6.07, 6.45) is 4.63. The minimum atomic E-state index is -0.651. The average molecular weight is 345 g/mol. The van der Waals surface area contributed by atoms with Crippen molar-refractivity contribution in [1.82, 2.24) is 14.9 Å². The monoisotopic (exact) mass is 345 g/mol. The molecule has 2 aliphatic heterocycles. The number of nitrogens with one attached hydrogen (secondary N) is 1. The molecule has 0 radical (unpaired) electrons. The van der Waals surface area contributed by atoms with Crippen LogP contribution in [-0.4, -0.2) is 46.1 Å². The van der Waals surface area contributed by atoms with E-state index in [9.17, 15) is 9.18 Å². The minimum absolute atomic E-state index is 0.123. The fourth-order valence-electron chi connectivity index (χ4n) is 3.99. The number of hydrogen-bond acceptors (Lipinski definition) is 3. The summed E-state index contributed by atoms with van der Waals surface area (Å²) < 4.78 is 19.1. The number of carbonyl (C=O) groups is 1. The van der Waals surface area contributed by atoms with Gasteiger partial charge >= 0.3 is 0 Å². The second kappa shape index (κ2) is 6.41. The van der Waals surface area contributed by atoms with E-state index in [4.69, 9.17) is 4.74 Å². The molecule has 134 valence electrons. The lowest BCUT2D eigenvalue weighted by Gasteiger charge is -2.39. The Hall–Kier alpha value is -1.95. The standard InChI is InChI=1S/C19H24FN3O2/c1-19(8-2-3-11-25-19)18(24)23-9-6-13(7-10-23)17-21-15-5-4-14(20)12-16(15)22-17/h4-5,12-13H,2-3,6-11H2,1H3,(H,21,22). The third-order valence-corrected chi connectivity index (χ3v) is 5.55. The fourth-order valence-corrected chi connectivity index (χ4v) is 3.99. The van der Waals surface area contributed by atoms with E-state index in [1.165, 1.54) is 12.1 Å². The molecule has 2 saturated heterocycles. The van der Waals surface area contributed by atoms with Gasteiger partial charge in [-0.1, -0.05) is 0 Å². The molecule has 1 amide bonds. The Bertz CT molecular complexity index is 774. The van der Waals surface area contributed by atoms with E-state index in [0.29, 0.717) is 19.7 Å². The molecule has 1 aromatic carbocycles. The van der Waals surface area contributed by atoms with E-state index in [1.54, 1.807) is 6.07 Å². The largest absolute Gasteiger partial charge is 0.365 e. The van der Waals surface area contributed by atoms with Crippen LogP contribution in [0.1, 0.15) is 50.8 Å². The number of H-pyrrole nitrogens is 1. The predicted octanol–water partition coefficient (Wildman–Crippen LogP) is 3.37. The van der Waals surface area contributed by atoms with Gasteiger partial charge < -0.3 is 14.6 Å². The van der Waals surface area contributed by atoms with Crippen molar-refractivity contribution >= 4 is 16.9 Å². The highest BCUT2D eigenvalue weighted by Crippen LogP contribution is 2.32. The van der Waals surface area contributed by atoms with Crippen LogP contribution in [0.2, 0.25) is 0 Å². The molecule has 0 spiro atoms. The first-order chi connectivity index (χ1) is 12.0. The maximum absolute atomic E-state index is 13.3. The van der Waals surface area contributed by atoms with E-state index < -0.39 is 5.60 Å². The number of rotatable bonds is 2. The van der Waals surface area contributed by atoms with Crippen LogP contribution in [0.15, 0.2) is 18.2 Å². The van der Waals surface area contributed by atoms with Crippen LogP contribution in [0.3, 0.4) is 0 Å². The summed E-state index contributed by atoms with van der Waals surface area (Å²) in [7, 11) is 0. The minimum Gasteiger partial charge on any atom is -0.365 e. The molecule has 1 aromatic heterocycles. The normalized spacial score (nSPS) is 25.4. The van der Waals surface area contributed by atoms with Crippen LogP contribution in [0, 0.1) is 5.82 Å². The van der Waals surface area contributed by atoms with Crippen molar-refractivity contribution in [2.24, 2.45) is 0 Å². The molecule has 0 saturated carbocycles. The van der Waals surface area contributed by atoms with Crippen LogP contribution >= 0.6 is 0 Å². The van der Waals surface area contributed by atoms with Gasteiger partial charge in [0.2, 0.25) is 0 Å². The lowest BCUT2D eigenvalue weighted by Crippen LogP contribution is -2.52. The zero-order valence-corrected chi connectivity index (χ0v) is 14.6. The first-order valence-corrected chi connectivity index (χ1v) is 9.14. The van der Waals surface area contributed by atoms with E-state index in [0.717, 1.165) is 49.0 Å². The molecule has 0 bridgehead atoms. The van der Waals surface area contributed by atoms with Gasteiger partial charge in [-0.3, -0.25) is 4.79 Å². The van der Waals surface area contributed by atoms with Gasteiger partial charge in [-0.15, -0.1) is 0 Å². The molecule has 2 fully saturated rings. The highest BCUT2D eigenvalue weighted by molar-refractivity contribution is 5.85. The van der Waals surface area contributed by atoms with Crippen LogP contribution < -0.4 is 0 Å². The maximum atomic E-state index is 13.3. The van der Waals surface area contributed by atoms with Crippen molar-refractivity contribution in [1.29, 1.82) is 0 Å². The SMILES string of the molecule is CC1(C(=O)N2CCC(c3nc4ccc(F)cc4[nH]3)CC2)CCCCO1. The van der Waals surface area contributed by atoms with Crippen molar-refractivity contribution in [3.8, 4) is 0 Å². The first kappa shape index (κ1) is 16.5. The van der Waals surface area contributed by atoms with Gasteiger partial charge in [0, 0.05) is 25.6 Å². The Balaban J connectivity index is 1.42. The van der Waals surface area contributed by atoms with Gasteiger partial charge in [0.15, 0.2) is 0 Å². The number of aromatic nitrogens is 2. The Morgan fingerprint density at radius 1 is 1.36 bits per heavy atom. The van der Waals surface area contributed by atoms with Gasteiger partial charge in [-0.2, -0.15) is 0 Å². The number of nitrogens with zero attached hydrogens (tertiary/aromatic N) is 2. The molecule has 2 aromatic rings. The van der Waals surface area contributed by atoms with E-state index in [1.807, 2.05) is 11.8 Å². The van der Waals surface area contributed by atoms with E-state index >= 15 is 0 Å². The van der Waals surface area contributed by atoms with E-state index in [2.05, 4.69) is 9.97 Å². The van der Waals surface area contributed by atoms with Crippen molar-refractivity contribution in [2.45, 2.75) is 50.5 Å². The maximum Gasteiger partial charge on any atom is 0.254 e. The third kappa shape index (κ3) is 3.15. The Kier molecular flexibility index (Phi) is 4.23. The number of fused-ring (bicyclic) bond motifs is 1. The lowest BCUT2D eigenvalue weighted by atomic mass is 9.91. The number of benzene rings is 1. The zero-order valence-electron chi connectivity index (χ0n) is 14.6. The Morgan fingerprint density at radius 3 is 2.88 bits per heavy atom. The predicted molar refractivity (Wildman–Crippen MR) is 92.8 cm³/mol. The number of imidazole rings is 1. The van der Waals surface area contributed by atoms with Crippen LogP contribution in [0.4, 0.5) is 4.39 Å². The summed E-state index contributed by atoms with van der Waals surface area (Å²) in [6, 6.07) is 4.61. The van der Waals surface area contributed by atoms with Gasteiger partial charge in [-0.25, -0.2) is 9.37 Å². The summed E-state index contributed by atoms with van der Waals surface area (Å²) in [5, 5.41) is 0. The summed E-state index contributed by atoms with van der Waals surface area (Å²) in [4.78, 5) is 22.6. The zero-order chi connectivity index (χ0) is 17.4. The Labute approximate surface area is 146 Å². The van der Waals surface area contributed by atoms with E-state index in [-0.39, 0.29) is 17.6 Å². The number of likely N-dealkylation sites (tertiary alicyclic amines) is 1. The molecule has 0 aliphatic carbocycles. The van der Waals surface area contributed by atoms with Crippen molar-refractivity contribution in [2.75, 3.05) is 19.7 Å². The fraction of sp³-hybridized carbons (Fsp3) is 0.579. The second-order valence-electron chi connectivity index (χ2n) is 7.39. The number of hydrogen-bond donors (Lipinski definition) is 1. The molecule has 5 nitrogen and oxygen atoms in total. The van der Waals surface area contributed by atoms with Crippen LogP contribution in [0.5, 0.6) is 0 Å². The van der Waals surface area contributed by atoms with Crippen molar-refractivity contribution in [3.63, 3.8) is 0 Å². The number of amides is 1. The highest BCUT2D eigenvalue weighted by Gasteiger charge is 2.40. The molecule has 6 heteroatoms. The van der Waals surface area contributed by atoms with Gasteiger partial charge in [-0.05, 0) is 57.2 Å². The molecular weight excluding hydrogens is 321 g/mol. The first-order valence-electron chi connectivity index (χ1n) is 9.14. The van der Waals surface area contributed by atoms with Crippen LogP contribution in [0.25, 0.3) is 11.0 Å². The number of piperidine rings is 1. The molecule has 4 rings (SSSR count). The average Bonchev–Trinajstić information content (AvgIpc) is 3.05. The lowest BCUT2D eigenvalue weighted by molar-refractivity contribution is -0.163. The second-order valence-corrected chi connectivity index (χ2v) is 7.39. The number of ether oxygens (including phenoxy) is 1. The smallest absolute Gasteiger partial charge is 0.254 e. The number of aromatic amines is 1. The van der Waals surface area contributed by atoms with Crippen LogP contribution in [-0.2, 0) is 9.53 Å². The topological polar surface area (TPSA) is 58.2 Å². The number of carbonyl (C=O) groups excluding carboxylic acids is 1. The molecule has 1 unspecified atom stereocenters. The van der Waals surface area contributed by atoms with Crippen molar-refractivity contribution in [3.05, 3.63) is 29.8 Å². The van der Waals surface area contributed by atoms with Crippen molar-refractivity contribution < 1.29 is 13.9 Å². The molecule has 1 N–H and O–H groups in total. The molecule has 2 aliphatic rings. The summed E-state index contributed by atoms with van der Waals surface area (Å²) in [5.41, 5.74) is 0.872.